The van der Waals surface area contributed by atoms with Crippen molar-refractivity contribution in [2.24, 2.45) is 0 Å². The van der Waals surface area contributed by atoms with E-state index in [1.807, 2.05) is 19.9 Å². The Morgan fingerprint density at radius 2 is 1.86 bits per heavy atom. The SMILES string of the molecule is CCC(C)(C)Oc1ccc(N)c(N)c1. The van der Waals surface area contributed by atoms with E-state index in [1.54, 1.807) is 12.1 Å². The first kappa shape index (κ1) is 10.7. The molecule has 0 radical (unpaired) electrons. The summed E-state index contributed by atoms with van der Waals surface area (Å²) in [6.45, 7) is 6.17. The van der Waals surface area contributed by atoms with Crippen LogP contribution in [-0.4, -0.2) is 5.60 Å². The molecule has 0 aliphatic carbocycles. The molecule has 14 heavy (non-hydrogen) atoms. The molecule has 1 rings (SSSR count). The minimum Gasteiger partial charge on any atom is -0.488 e. The molecular weight excluding hydrogens is 176 g/mol. The Bertz CT molecular complexity index is 321. The van der Waals surface area contributed by atoms with Crippen LogP contribution in [0.3, 0.4) is 0 Å². The largest absolute Gasteiger partial charge is 0.488 e. The predicted octanol–water partition coefficient (Wildman–Crippen LogP) is 2.42. The number of benzene rings is 1. The highest BCUT2D eigenvalue weighted by atomic mass is 16.5. The summed E-state index contributed by atoms with van der Waals surface area (Å²) in [6, 6.07) is 5.35. The molecule has 1 aromatic carbocycles. The first-order valence-corrected chi connectivity index (χ1v) is 4.78. The van der Waals surface area contributed by atoms with Crippen LogP contribution in [0.1, 0.15) is 27.2 Å². The molecule has 0 atom stereocenters. The van der Waals surface area contributed by atoms with Gasteiger partial charge in [-0.05, 0) is 32.4 Å². The van der Waals surface area contributed by atoms with Crippen molar-refractivity contribution in [3.8, 4) is 5.75 Å². The highest BCUT2D eigenvalue weighted by molar-refractivity contribution is 5.65. The van der Waals surface area contributed by atoms with Gasteiger partial charge in [-0.3, -0.25) is 0 Å². The lowest BCUT2D eigenvalue weighted by atomic mass is 10.1. The maximum absolute atomic E-state index is 5.75. The van der Waals surface area contributed by atoms with E-state index < -0.39 is 0 Å². The number of anilines is 2. The van der Waals surface area contributed by atoms with Crippen molar-refractivity contribution < 1.29 is 4.74 Å². The summed E-state index contributed by atoms with van der Waals surface area (Å²) >= 11 is 0. The second-order valence-electron chi connectivity index (χ2n) is 4.01. The van der Waals surface area contributed by atoms with E-state index in [1.165, 1.54) is 0 Å². The molecule has 0 aromatic heterocycles. The quantitative estimate of drug-likeness (QED) is 0.726. The van der Waals surface area contributed by atoms with E-state index in [0.29, 0.717) is 11.4 Å². The van der Waals surface area contributed by atoms with Gasteiger partial charge in [-0.2, -0.15) is 0 Å². The monoisotopic (exact) mass is 194 g/mol. The van der Waals surface area contributed by atoms with Gasteiger partial charge in [0, 0.05) is 6.07 Å². The highest BCUT2D eigenvalue weighted by Gasteiger charge is 2.16. The average Bonchev–Trinajstić information content (AvgIpc) is 2.11. The predicted molar refractivity (Wildman–Crippen MR) is 60.3 cm³/mol. The van der Waals surface area contributed by atoms with Crippen molar-refractivity contribution >= 4 is 11.4 Å². The maximum atomic E-state index is 5.75. The van der Waals surface area contributed by atoms with Crippen molar-refractivity contribution in [1.82, 2.24) is 0 Å². The van der Waals surface area contributed by atoms with Gasteiger partial charge < -0.3 is 16.2 Å². The van der Waals surface area contributed by atoms with Crippen LogP contribution in [0.15, 0.2) is 18.2 Å². The van der Waals surface area contributed by atoms with Crippen molar-refractivity contribution in [1.29, 1.82) is 0 Å². The molecule has 0 heterocycles. The van der Waals surface area contributed by atoms with Gasteiger partial charge in [-0.1, -0.05) is 6.92 Å². The van der Waals surface area contributed by atoms with Gasteiger partial charge in [-0.25, -0.2) is 0 Å². The van der Waals surface area contributed by atoms with Crippen LogP contribution in [0, 0.1) is 0 Å². The van der Waals surface area contributed by atoms with E-state index in [0.717, 1.165) is 12.2 Å². The summed E-state index contributed by atoms with van der Waals surface area (Å²) < 4.78 is 5.75. The zero-order valence-corrected chi connectivity index (χ0v) is 9.00. The minimum atomic E-state index is -0.164. The Labute approximate surface area is 85.0 Å². The van der Waals surface area contributed by atoms with Crippen molar-refractivity contribution in [2.45, 2.75) is 32.8 Å². The molecule has 0 aliphatic rings. The standard InChI is InChI=1S/C11H18N2O/c1-4-11(2,3)14-8-5-6-9(12)10(13)7-8/h5-7H,4,12-13H2,1-3H3. The molecule has 1 aromatic rings. The second-order valence-corrected chi connectivity index (χ2v) is 4.01. The number of hydrogen-bond donors (Lipinski definition) is 2. The Balaban J connectivity index is 2.83. The molecule has 0 spiro atoms. The summed E-state index contributed by atoms with van der Waals surface area (Å²) in [4.78, 5) is 0. The van der Waals surface area contributed by atoms with Crippen LogP contribution < -0.4 is 16.2 Å². The van der Waals surface area contributed by atoms with Crippen LogP contribution in [-0.2, 0) is 0 Å². The molecule has 78 valence electrons. The second kappa shape index (κ2) is 3.78. The van der Waals surface area contributed by atoms with Crippen LogP contribution >= 0.6 is 0 Å². The maximum Gasteiger partial charge on any atom is 0.122 e. The fourth-order valence-corrected chi connectivity index (χ4v) is 1.01. The molecule has 0 saturated heterocycles. The topological polar surface area (TPSA) is 61.3 Å². The lowest BCUT2D eigenvalue weighted by Gasteiger charge is -2.25. The Morgan fingerprint density at radius 1 is 1.21 bits per heavy atom. The van der Waals surface area contributed by atoms with Gasteiger partial charge in [0.2, 0.25) is 0 Å². The first-order chi connectivity index (χ1) is 6.44. The Hall–Kier alpha value is -1.38. The third-order valence-corrected chi connectivity index (χ3v) is 2.30. The van der Waals surface area contributed by atoms with Gasteiger partial charge in [0.25, 0.3) is 0 Å². The van der Waals surface area contributed by atoms with E-state index in [4.69, 9.17) is 16.2 Å². The molecule has 0 fully saturated rings. The molecule has 0 saturated carbocycles. The third-order valence-electron chi connectivity index (χ3n) is 2.30. The third kappa shape index (κ3) is 2.55. The van der Waals surface area contributed by atoms with Crippen LogP contribution in [0.5, 0.6) is 5.75 Å². The molecule has 0 amide bonds. The molecular formula is C11H18N2O. The number of rotatable bonds is 3. The smallest absolute Gasteiger partial charge is 0.122 e. The van der Waals surface area contributed by atoms with Crippen molar-refractivity contribution in [3.05, 3.63) is 18.2 Å². The lowest BCUT2D eigenvalue weighted by molar-refractivity contribution is 0.105. The van der Waals surface area contributed by atoms with Crippen LogP contribution in [0.4, 0.5) is 11.4 Å². The summed E-state index contributed by atoms with van der Waals surface area (Å²) in [6.07, 6.45) is 0.942. The number of ether oxygens (including phenoxy) is 1. The molecule has 0 bridgehead atoms. The molecule has 4 N–H and O–H groups in total. The van der Waals surface area contributed by atoms with Crippen LogP contribution in [0.2, 0.25) is 0 Å². The Kier molecular flexibility index (Phi) is 2.89. The molecule has 0 unspecified atom stereocenters. The van der Waals surface area contributed by atoms with Gasteiger partial charge in [0.15, 0.2) is 0 Å². The highest BCUT2D eigenvalue weighted by Crippen LogP contribution is 2.25. The average molecular weight is 194 g/mol. The zero-order valence-electron chi connectivity index (χ0n) is 9.00. The molecule has 3 heteroatoms. The molecule has 3 nitrogen and oxygen atoms in total. The van der Waals surface area contributed by atoms with E-state index in [9.17, 15) is 0 Å². The van der Waals surface area contributed by atoms with E-state index in [-0.39, 0.29) is 5.60 Å². The summed E-state index contributed by atoms with van der Waals surface area (Å²) in [5.41, 5.74) is 12.3. The van der Waals surface area contributed by atoms with Crippen molar-refractivity contribution in [3.63, 3.8) is 0 Å². The van der Waals surface area contributed by atoms with Crippen molar-refractivity contribution in [2.75, 3.05) is 11.5 Å². The minimum absolute atomic E-state index is 0.164. The van der Waals surface area contributed by atoms with Gasteiger partial charge in [0.1, 0.15) is 11.4 Å². The van der Waals surface area contributed by atoms with E-state index in [2.05, 4.69) is 6.92 Å². The number of hydrogen-bond acceptors (Lipinski definition) is 3. The molecule has 0 aliphatic heterocycles. The fraction of sp³-hybridized carbons (Fsp3) is 0.455. The fourth-order valence-electron chi connectivity index (χ4n) is 1.01. The van der Waals surface area contributed by atoms with Gasteiger partial charge in [0.05, 0.1) is 11.4 Å². The normalized spacial score (nSPS) is 11.4. The summed E-state index contributed by atoms with van der Waals surface area (Å²) in [5.74, 6) is 0.767. The first-order valence-electron chi connectivity index (χ1n) is 4.78. The van der Waals surface area contributed by atoms with Gasteiger partial charge in [-0.15, -0.1) is 0 Å². The number of nitrogens with two attached hydrogens (primary N) is 2. The summed E-state index contributed by atoms with van der Waals surface area (Å²) in [7, 11) is 0. The summed E-state index contributed by atoms with van der Waals surface area (Å²) in [5, 5.41) is 0. The van der Waals surface area contributed by atoms with E-state index >= 15 is 0 Å². The lowest BCUT2D eigenvalue weighted by Crippen LogP contribution is -2.26. The van der Waals surface area contributed by atoms with Gasteiger partial charge >= 0.3 is 0 Å². The Morgan fingerprint density at radius 3 is 2.36 bits per heavy atom. The van der Waals surface area contributed by atoms with Crippen LogP contribution in [0.25, 0.3) is 0 Å². The zero-order chi connectivity index (χ0) is 10.8. The number of nitrogen functional groups attached to an aromatic ring is 2.